The molecule has 0 radical (unpaired) electrons. The maximum absolute atomic E-state index is 10.7. The number of para-hydroxylation sites is 1. The van der Waals surface area contributed by atoms with Gasteiger partial charge in [0.05, 0.1) is 12.2 Å². The number of benzene rings is 1. The number of allylic oxidation sites excluding steroid dienone is 1. The number of hydrogen-bond donors (Lipinski definition) is 1. The van der Waals surface area contributed by atoms with Gasteiger partial charge in [-0.2, -0.15) is 0 Å². The molecule has 1 aromatic heterocycles. The van der Waals surface area contributed by atoms with E-state index in [0.717, 1.165) is 23.0 Å². The van der Waals surface area contributed by atoms with E-state index in [1.807, 2.05) is 36.4 Å². The molecule has 2 rings (SSSR count). The fourth-order valence-electron chi connectivity index (χ4n) is 1.81. The topological polar surface area (TPSA) is 50.4 Å². The van der Waals surface area contributed by atoms with E-state index in [-0.39, 0.29) is 5.92 Å². The molecule has 0 aliphatic rings. The van der Waals surface area contributed by atoms with E-state index in [4.69, 9.17) is 9.52 Å². The molecular weight excluding hydrogens is 228 g/mol. The van der Waals surface area contributed by atoms with Gasteiger partial charge in [0, 0.05) is 10.9 Å². The van der Waals surface area contributed by atoms with Gasteiger partial charge in [0.2, 0.25) is 0 Å². The summed E-state index contributed by atoms with van der Waals surface area (Å²) >= 11 is 0. The van der Waals surface area contributed by atoms with Crippen LogP contribution < -0.4 is 0 Å². The minimum absolute atomic E-state index is 0.296. The number of hydrogen-bond acceptors (Lipinski definition) is 2. The Labute approximate surface area is 106 Å². The van der Waals surface area contributed by atoms with Crippen molar-refractivity contribution in [2.75, 3.05) is 0 Å². The van der Waals surface area contributed by atoms with Crippen LogP contribution in [-0.2, 0) is 4.79 Å². The minimum atomic E-state index is -0.739. The highest BCUT2D eigenvalue weighted by Gasteiger charge is 2.08. The van der Waals surface area contributed by atoms with Gasteiger partial charge in [-0.05, 0) is 18.9 Å². The van der Waals surface area contributed by atoms with Crippen molar-refractivity contribution in [2.24, 2.45) is 5.92 Å². The maximum atomic E-state index is 10.7. The molecular formula is C15H16O3. The Morgan fingerprint density at radius 3 is 3.00 bits per heavy atom. The second-order valence-electron chi connectivity index (χ2n) is 4.41. The number of carbonyl (C=O) groups is 1. The Hall–Kier alpha value is -2.03. The lowest BCUT2D eigenvalue weighted by molar-refractivity contribution is -0.141. The van der Waals surface area contributed by atoms with E-state index in [2.05, 4.69) is 0 Å². The largest absolute Gasteiger partial charge is 0.481 e. The lowest BCUT2D eigenvalue weighted by atomic mass is 10.1. The van der Waals surface area contributed by atoms with Gasteiger partial charge in [0.1, 0.15) is 5.58 Å². The molecule has 2 aromatic rings. The number of aliphatic carboxylic acids is 1. The normalized spacial score (nSPS) is 13.2. The molecule has 94 valence electrons. The molecule has 1 heterocycles. The fourth-order valence-corrected chi connectivity index (χ4v) is 1.81. The molecule has 1 atom stereocenters. The van der Waals surface area contributed by atoms with Gasteiger partial charge in [-0.1, -0.05) is 37.3 Å². The molecule has 0 amide bonds. The van der Waals surface area contributed by atoms with E-state index in [0.29, 0.717) is 6.42 Å². The molecule has 3 heteroatoms. The highest BCUT2D eigenvalue weighted by atomic mass is 16.4. The molecule has 1 aromatic carbocycles. The van der Waals surface area contributed by atoms with Crippen molar-refractivity contribution >= 4 is 23.0 Å². The summed E-state index contributed by atoms with van der Waals surface area (Å²) in [5.74, 6) is -1.03. The first-order valence-electron chi connectivity index (χ1n) is 6.04. The van der Waals surface area contributed by atoms with Gasteiger partial charge in [0.25, 0.3) is 0 Å². The molecule has 0 aliphatic heterocycles. The van der Waals surface area contributed by atoms with Gasteiger partial charge >= 0.3 is 5.97 Å². The van der Waals surface area contributed by atoms with Gasteiger partial charge < -0.3 is 9.52 Å². The molecule has 0 saturated heterocycles. The van der Waals surface area contributed by atoms with Crippen molar-refractivity contribution < 1.29 is 14.3 Å². The average molecular weight is 244 g/mol. The summed E-state index contributed by atoms with van der Waals surface area (Å²) in [5.41, 5.74) is 1.91. The van der Waals surface area contributed by atoms with E-state index in [9.17, 15) is 4.79 Å². The van der Waals surface area contributed by atoms with Crippen LogP contribution >= 0.6 is 0 Å². The quantitative estimate of drug-likeness (QED) is 0.866. The van der Waals surface area contributed by atoms with E-state index in [1.165, 1.54) is 0 Å². The third-order valence-corrected chi connectivity index (χ3v) is 3.00. The SMILES string of the molecule is CC(CC/C=C/c1coc2ccccc12)C(=O)O. The van der Waals surface area contributed by atoms with E-state index < -0.39 is 5.97 Å². The highest BCUT2D eigenvalue weighted by Crippen LogP contribution is 2.22. The van der Waals surface area contributed by atoms with Crippen molar-refractivity contribution in [2.45, 2.75) is 19.8 Å². The van der Waals surface area contributed by atoms with Crippen molar-refractivity contribution in [1.29, 1.82) is 0 Å². The molecule has 0 bridgehead atoms. The first kappa shape index (κ1) is 12.4. The Morgan fingerprint density at radius 2 is 2.22 bits per heavy atom. The zero-order valence-electron chi connectivity index (χ0n) is 10.3. The zero-order chi connectivity index (χ0) is 13.0. The molecule has 18 heavy (non-hydrogen) atoms. The molecule has 3 nitrogen and oxygen atoms in total. The summed E-state index contributed by atoms with van der Waals surface area (Å²) in [6.07, 6.45) is 7.12. The summed E-state index contributed by atoms with van der Waals surface area (Å²) < 4.78 is 5.42. The van der Waals surface area contributed by atoms with Crippen molar-refractivity contribution in [3.8, 4) is 0 Å². The van der Waals surface area contributed by atoms with Crippen LogP contribution in [0.25, 0.3) is 17.0 Å². The number of carboxylic acids is 1. The van der Waals surface area contributed by atoms with Crippen molar-refractivity contribution in [3.63, 3.8) is 0 Å². The van der Waals surface area contributed by atoms with Crippen LogP contribution in [0.5, 0.6) is 0 Å². The Kier molecular flexibility index (Phi) is 3.82. The number of carboxylic acid groups (broad SMARTS) is 1. The minimum Gasteiger partial charge on any atom is -0.481 e. The Bertz CT molecular complexity index is 566. The first-order chi connectivity index (χ1) is 8.68. The van der Waals surface area contributed by atoms with Crippen LogP contribution in [-0.4, -0.2) is 11.1 Å². The van der Waals surface area contributed by atoms with Crippen LogP contribution in [0.1, 0.15) is 25.3 Å². The molecule has 1 N–H and O–H groups in total. The highest BCUT2D eigenvalue weighted by molar-refractivity contribution is 5.86. The third-order valence-electron chi connectivity index (χ3n) is 3.00. The number of furan rings is 1. The van der Waals surface area contributed by atoms with Gasteiger partial charge in [0.15, 0.2) is 0 Å². The zero-order valence-corrected chi connectivity index (χ0v) is 10.3. The summed E-state index contributed by atoms with van der Waals surface area (Å²) in [6, 6.07) is 7.85. The lowest BCUT2D eigenvalue weighted by Gasteiger charge is -2.01. The Morgan fingerprint density at radius 1 is 1.44 bits per heavy atom. The average Bonchev–Trinajstić information content (AvgIpc) is 2.77. The van der Waals surface area contributed by atoms with Crippen molar-refractivity contribution in [3.05, 3.63) is 42.2 Å². The van der Waals surface area contributed by atoms with Gasteiger partial charge in [-0.3, -0.25) is 4.79 Å². The van der Waals surface area contributed by atoms with Crippen LogP contribution in [0.2, 0.25) is 0 Å². The first-order valence-corrected chi connectivity index (χ1v) is 6.04. The van der Waals surface area contributed by atoms with E-state index in [1.54, 1.807) is 13.2 Å². The molecule has 1 unspecified atom stereocenters. The van der Waals surface area contributed by atoms with Crippen LogP contribution in [0.3, 0.4) is 0 Å². The van der Waals surface area contributed by atoms with Crippen LogP contribution in [0.4, 0.5) is 0 Å². The Balaban J connectivity index is 1.99. The van der Waals surface area contributed by atoms with Crippen molar-refractivity contribution in [1.82, 2.24) is 0 Å². The maximum Gasteiger partial charge on any atom is 0.306 e. The second kappa shape index (κ2) is 5.54. The number of rotatable bonds is 5. The summed E-state index contributed by atoms with van der Waals surface area (Å²) in [5, 5.41) is 9.85. The molecule has 0 spiro atoms. The van der Waals surface area contributed by atoms with Gasteiger partial charge in [-0.15, -0.1) is 0 Å². The third kappa shape index (κ3) is 2.80. The van der Waals surface area contributed by atoms with Crippen LogP contribution in [0, 0.1) is 5.92 Å². The molecule has 0 fully saturated rings. The monoisotopic (exact) mass is 244 g/mol. The second-order valence-corrected chi connectivity index (χ2v) is 4.41. The summed E-state index contributed by atoms with van der Waals surface area (Å²) in [7, 11) is 0. The predicted octanol–water partition coefficient (Wildman–Crippen LogP) is 3.95. The predicted molar refractivity (Wildman–Crippen MR) is 71.3 cm³/mol. The lowest BCUT2D eigenvalue weighted by Crippen LogP contribution is -2.08. The summed E-state index contributed by atoms with van der Waals surface area (Å²) in [4.78, 5) is 10.7. The fraction of sp³-hybridized carbons (Fsp3) is 0.267. The standard InChI is InChI=1S/C15H16O3/c1-11(15(16)17)6-2-3-7-12-10-18-14-9-5-4-8-13(12)14/h3-5,7-11H,2,6H2,1H3,(H,16,17)/b7-3+. The summed E-state index contributed by atoms with van der Waals surface area (Å²) in [6.45, 7) is 1.73. The van der Waals surface area contributed by atoms with Crippen LogP contribution in [0.15, 0.2) is 41.0 Å². The van der Waals surface area contributed by atoms with E-state index >= 15 is 0 Å². The smallest absolute Gasteiger partial charge is 0.306 e. The molecule has 0 aliphatic carbocycles. The molecule has 0 saturated carbocycles. The van der Waals surface area contributed by atoms with Gasteiger partial charge in [-0.25, -0.2) is 0 Å². The number of fused-ring (bicyclic) bond motifs is 1.